The highest BCUT2D eigenvalue weighted by atomic mass is 35.5. The molecule has 4 N–H and O–H groups in total. The van der Waals surface area contributed by atoms with Crippen molar-refractivity contribution in [2.24, 2.45) is 0 Å². The van der Waals surface area contributed by atoms with Crippen molar-refractivity contribution in [2.75, 3.05) is 44.7 Å². The Labute approximate surface area is 188 Å². The van der Waals surface area contributed by atoms with Gasteiger partial charge in [-0.2, -0.15) is 5.10 Å². The standard InChI is InChI=1S/C23H30ClN7/c1-29-8-10-30(11-9-29)16-3-5-17(6-4-16)31-21-14-27-13-20(26)22(21)23(28-31)15-2-7-19(25)18(24)12-15/h2,7,12-14,16-17H,3-6,8-11,25-26H2,1H3. The van der Waals surface area contributed by atoms with Crippen LogP contribution >= 0.6 is 11.6 Å². The SMILES string of the molecule is CN1CCN(C2CCC(n3nc(-c4ccc(N)c(Cl)c4)c4c(N)cncc43)CC2)CC1. The molecular weight excluding hydrogens is 410 g/mol. The van der Waals surface area contributed by atoms with Gasteiger partial charge in [0.05, 0.1) is 45.7 Å². The van der Waals surface area contributed by atoms with Crippen molar-refractivity contribution >= 4 is 33.9 Å². The molecule has 1 aliphatic carbocycles. The third-order valence-electron chi connectivity index (χ3n) is 6.99. The summed E-state index contributed by atoms with van der Waals surface area (Å²) in [5.41, 5.74) is 16.2. The monoisotopic (exact) mass is 439 g/mol. The second-order valence-electron chi connectivity index (χ2n) is 8.95. The van der Waals surface area contributed by atoms with E-state index in [1.165, 1.54) is 39.0 Å². The van der Waals surface area contributed by atoms with Gasteiger partial charge < -0.3 is 16.4 Å². The lowest BCUT2D eigenvalue weighted by Crippen LogP contribution is -2.49. The first-order chi connectivity index (χ1) is 15.0. The maximum atomic E-state index is 6.35. The van der Waals surface area contributed by atoms with Crippen LogP contribution in [0.15, 0.2) is 30.6 Å². The van der Waals surface area contributed by atoms with Gasteiger partial charge in [0.2, 0.25) is 0 Å². The third-order valence-corrected chi connectivity index (χ3v) is 7.31. The maximum absolute atomic E-state index is 6.35. The van der Waals surface area contributed by atoms with Crippen molar-refractivity contribution in [1.29, 1.82) is 0 Å². The zero-order valence-corrected chi connectivity index (χ0v) is 18.7. The summed E-state index contributed by atoms with van der Waals surface area (Å²) in [6.45, 7) is 4.70. The molecule has 0 atom stereocenters. The minimum Gasteiger partial charge on any atom is -0.398 e. The van der Waals surface area contributed by atoms with Crippen molar-refractivity contribution in [3.8, 4) is 11.3 Å². The Bertz CT molecular complexity index is 1080. The van der Waals surface area contributed by atoms with E-state index in [2.05, 4.69) is 26.5 Å². The van der Waals surface area contributed by atoms with E-state index in [0.717, 1.165) is 35.0 Å². The Morgan fingerprint density at radius 1 is 0.935 bits per heavy atom. The molecule has 8 heteroatoms. The van der Waals surface area contributed by atoms with Crippen LogP contribution in [0, 0.1) is 0 Å². The molecule has 3 heterocycles. The number of hydrogen-bond donors (Lipinski definition) is 2. The first-order valence-electron chi connectivity index (χ1n) is 11.1. The molecule has 1 aromatic carbocycles. The summed E-state index contributed by atoms with van der Waals surface area (Å²) in [4.78, 5) is 9.45. The van der Waals surface area contributed by atoms with E-state index in [-0.39, 0.29) is 0 Å². The number of anilines is 2. The summed E-state index contributed by atoms with van der Waals surface area (Å²) in [5, 5.41) is 6.51. The van der Waals surface area contributed by atoms with Crippen molar-refractivity contribution in [3.05, 3.63) is 35.6 Å². The fourth-order valence-electron chi connectivity index (χ4n) is 5.12. The van der Waals surface area contributed by atoms with Crippen LogP contribution in [0.3, 0.4) is 0 Å². The van der Waals surface area contributed by atoms with Crippen LogP contribution in [0.5, 0.6) is 0 Å². The number of rotatable bonds is 3. The summed E-state index contributed by atoms with van der Waals surface area (Å²) in [5.74, 6) is 0. The number of nitrogen functional groups attached to an aromatic ring is 2. The summed E-state index contributed by atoms with van der Waals surface area (Å²) in [6, 6.07) is 6.68. The Hall–Kier alpha value is -2.35. The second-order valence-corrected chi connectivity index (χ2v) is 9.36. The number of halogens is 1. The molecular formula is C23H30ClN7. The van der Waals surface area contributed by atoms with Crippen LogP contribution in [0.1, 0.15) is 31.7 Å². The Morgan fingerprint density at radius 3 is 2.35 bits per heavy atom. The van der Waals surface area contributed by atoms with Crippen LogP contribution in [0.25, 0.3) is 22.2 Å². The average Bonchev–Trinajstić information content (AvgIpc) is 3.17. The molecule has 0 spiro atoms. The van der Waals surface area contributed by atoms with Crippen LogP contribution in [-0.4, -0.2) is 63.8 Å². The molecule has 1 saturated heterocycles. The Morgan fingerprint density at radius 2 is 1.65 bits per heavy atom. The number of fused-ring (bicyclic) bond motifs is 1. The molecule has 2 aromatic heterocycles. The van der Waals surface area contributed by atoms with Crippen molar-refractivity contribution in [3.63, 3.8) is 0 Å². The van der Waals surface area contributed by atoms with Gasteiger partial charge in [0, 0.05) is 37.8 Å². The van der Waals surface area contributed by atoms with Crippen LogP contribution in [-0.2, 0) is 0 Å². The topological polar surface area (TPSA) is 89.2 Å². The van der Waals surface area contributed by atoms with Gasteiger partial charge in [-0.25, -0.2) is 0 Å². The van der Waals surface area contributed by atoms with Crippen molar-refractivity contribution < 1.29 is 0 Å². The second kappa shape index (κ2) is 8.30. The van der Waals surface area contributed by atoms with Gasteiger partial charge in [0.15, 0.2) is 0 Å². The van der Waals surface area contributed by atoms with E-state index in [1.807, 2.05) is 24.4 Å². The lowest BCUT2D eigenvalue weighted by atomic mass is 9.89. The zero-order chi connectivity index (χ0) is 21.5. The summed E-state index contributed by atoms with van der Waals surface area (Å²) in [7, 11) is 2.21. The van der Waals surface area contributed by atoms with Gasteiger partial charge in [-0.05, 0) is 44.9 Å². The van der Waals surface area contributed by atoms with Gasteiger partial charge in [-0.1, -0.05) is 17.7 Å². The number of hydrogen-bond acceptors (Lipinski definition) is 6. The number of nitrogens with zero attached hydrogens (tertiary/aromatic N) is 5. The summed E-state index contributed by atoms with van der Waals surface area (Å²) in [6.07, 6.45) is 8.22. The van der Waals surface area contributed by atoms with E-state index < -0.39 is 0 Å². The molecule has 164 valence electrons. The average molecular weight is 440 g/mol. The predicted octanol–water partition coefficient (Wildman–Crippen LogP) is 3.65. The highest BCUT2D eigenvalue weighted by molar-refractivity contribution is 6.33. The fraction of sp³-hybridized carbons (Fsp3) is 0.478. The smallest absolute Gasteiger partial charge is 0.102 e. The molecule has 3 aromatic rings. The van der Waals surface area contributed by atoms with Crippen molar-refractivity contribution in [1.82, 2.24) is 24.6 Å². The summed E-state index contributed by atoms with van der Waals surface area (Å²) >= 11 is 6.30. The molecule has 2 aliphatic rings. The van der Waals surface area contributed by atoms with Gasteiger partial charge in [-0.15, -0.1) is 0 Å². The number of piperazine rings is 1. The number of pyridine rings is 1. The molecule has 31 heavy (non-hydrogen) atoms. The number of benzene rings is 1. The van der Waals surface area contributed by atoms with E-state index in [1.54, 1.807) is 6.20 Å². The van der Waals surface area contributed by atoms with Crippen LogP contribution in [0.2, 0.25) is 5.02 Å². The first-order valence-corrected chi connectivity index (χ1v) is 11.5. The lowest BCUT2D eigenvalue weighted by molar-refractivity contribution is 0.0816. The van der Waals surface area contributed by atoms with Gasteiger partial charge in [0.25, 0.3) is 0 Å². The molecule has 2 fully saturated rings. The summed E-state index contributed by atoms with van der Waals surface area (Å²) < 4.78 is 2.15. The van der Waals surface area contributed by atoms with Crippen molar-refractivity contribution in [2.45, 2.75) is 37.8 Å². The van der Waals surface area contributed by atoms with E-state index in [4.69, 9.17) is 28.2 Å². The minimum atomic E-state index is 0.354. The Kier molecular flexibility index (Phi) is 5.50. The number of nitrogens with two attached hydrogens (primary N) is 2. The van der Waals surface area contributed by atoms with Crippen LogP contribution < -0.4 is 11.5 Å². The first kappa shape index (κ1) is 20.5. The molecule has 7 nitrogen and oxygen atoms in total. The maximum Gasteiger partial charge on any atom is 0.102 e. The van der Waals surface area contributed by atoms with Gasteiger partial charge in [0.1, 0.15) is 5.69 Å². The van der Waals surface area contributed by atoms with E-state index in [0.29, 0.717) is 28.5 Å². The lowest BCUT2D eigenvalue weighted by Gasteiger charge is -2.41. The highest BCUT2D eigenvalue weighted by Gasteiger charge is 2.30. The third kappa shape index (κ3) is 3.86. The molecule has 0 amide bonds. The highest BCUT2D eigenvalue weighted by Crippen LogP contribution is 2.38. The predicted molar refractivity (Wildman–Crippen MR) is 127 cm³/mol. The molecule has 0 radical (unpaired) electrons. The van der Waals surface area contributed by atoms with E-state index in [9.17, 15) is 0 Å². The van der Waals surface area contributed by atoms with E-state index >= 15 is 0 Å². The molecule has 5 rings (SSSR count). The quantitative estimate of drug-likeness (QED) is 0.605. The zero-order valence-electron chi connectivity index (χ0n) is 18.0. The number of aromatic nitrogens is 3. The molecule has 1 saturated carbocycles. The largest absolute Gasteiger partial charge is 0.398 e. The normalized spacial score (nSPS) is 23.4. The Balaban J connectivity index is 1.43. The van der Waals surface area contributed by atoms with Crippen LogP contribution in [0.4, 0.5) is 11.4 Å². The van der Waals surface area contributed by atoms with Gasteiger partial charge >= 0.3 is 0 Å². The molecule has 1 aliphatic heterocycles. The minimum absolute atomic E-state index is 0.354. The number of likely N-dealkylation sites (N-methyl/N-ethyl adjacent to an activating group) is 1. The van der Waals surface area contributed by atoms with Gasteiger partial charge in [-0.3, -0.25) is 14.6 Å². The molecule has 0 bridgehead atoms. The fourth-order valence-corrected chi connectivity index (χ4v) is 5.30. The molecule has 0 unspecified atom stereocenters.